The minimum Gasteiger partial charge on any atom is -0.329 e. The predicted molar refractivity (Wildman–Crippen MR) is 76.1 cm³/mol. The Bertz CT molecular complexity index is 187. The first-order valence-electron chi connectivity index (χ1n) is 7.67. The fourth-order valence-corrected chi connectivity index (χ4v) is 3.19. The van der Waals surface area contributed by atoms with E-state index in [4.69, 9.17) is 5.73 Å². The van der Waals surface area contributed by atoms with E-state index < -0.39 is 0 Å². The Morgan fingerprint density at radius 3 is 2.29 bits per heavy atom. The van der Waals surface area contributed by atoms with Crippen LogP contribution in [0.25, 0.3) is 0 Å². The molecule has 2 atom stereocenters. The van der Waals surface area contributed by atoms with Gasteiger partial charge in [0.2, 0.25) is 0 Å². The summed E-state index contributed by atoms with van der Waals surface area (Å²) in [7, 11) is 0. The Hall–Kier alpha value is -0.0800. The quantitative estimate of drug-likeness (QED) is 0.740. The van der Waals surface area contributed by atoms with E-state index in [1.807, 2.05) is 0 Å². The zero-order chi connectivity index (χ0) is 12.7. The van der Waals surface area contributed by atoms with Gasteiger partial charge in [-0.15, -0.1) is 0 Å². The summed E-state index contributed by atoms with van der Waals surface area (Å²) in [5.74, 6) is 1.66. The maximum Gasteiger partial charge on any atom is 0.0246 e. The standard InChI is InChI=1S/C15H32N2/c1-4-13(3)12-17(5-2)15(11-16)14-9-7-6-8-10-14/h13-15H,4-12,16H2,1-3H3. The van der Waals surface area contributed by atoms with E-state index in [2.05, 4.69) is 25.7 Å². The molecule has 0 saturated heterocycles. The van der Waals surface area contributed by atoms with Gasteiger partial charge in [0.25, 0.3) is 0 Å². The number of likely N-dealkylation sites (N-methyl/N-ethyl adjacent to an activating group) is 1. The molecule has 0 aromatic rings. The maximum atomic E-state index is 6.06. The molecule has 2 heteroatoms. The minimum atomic E-state index is 0.634. The van der Waals surface area contributed by atoms with E-state index in [0.29, 0.717) is 6.04 Å². The fraction of sp³-hybridized carbons (Fsp3) is 1.00. The first-order valence-corrected chi connectivity index (χ1v) is 7.67. The zero-order valence-corrected chi connectivity index (χ0v) is 12.1. The van der Waals surface area contributed by atoms with Crippen LogP contribution in [0, 0.1) is 11.8 Å². The van der Waals surface area contributed by atoms with Crippen LogP contribution >= 0.6 is 0 Å². The summed E-state index contributed by atoms with van der Waals surface area (Å²) in [5, 5.41) is 0. The van der Waals surface area contributed by atoms with Gasteiger partial charge in [-0.2, -0.15) is 0 Å². The molecule has 0 amide bonds. The lowest BCUT2D eigenvalue weighted by molar-refractivity contribution is 0.111. The molecule has 1 saturated carbocycles. The molecule has 17 heavy (non-hydrogen) atoms. The molecule has 0 aromatic heterocycles. The van der Waals surface area contributed by atoms with Crippen LogP contribution in [0.3, 0.4) is 0 Å². The number of nitrogens with two attached hydrogens (primary N) is 1. The van der Waals surface area contributed by atoms with Crippen molar-refractivity contribution < 1.29 is 0 Å². The Balaban J connectivity index is 2.54. The summed E-state index contributed by atoms with van der Waals surface area (Å²) in [6.07, 6.45) is 8.35. The molecule has 0 aromatic carbocycles. The largest absolute Gasteiger partial charge is 0.329 e. The monoisotopic (exact) mass is 240 g/mol. The van der Waals surface area contributed by atoms with Crippen molar-refractivity contribution in [3.8, 4) is 0 Å². The number of nitrogens with zero attached hydrogens (tertiary/aromatic N) is 1. The smallest absolute Gasteiger partial charge is 0.0246 e. The average Bonchev–Trinajstić information content (AvgIpc) is 2.39. The van der Waals surface area contributed by atoms with Crippen LogP contribution in [-0.4, -0.2) is 30.6 Å². The van der Waals surface area contributed by atoms with Crippen molar-refractivity contribution >= 4 is 0 Å². The molecule has 1 fully saturated rings. The van der Waals surface area contributed by atoms with Gasteiger partial charge in [0.15, 0.2) is 0 Å². The molecule has 1 aliphatic rings. The SMILES string of the molecule is CCC(C)CN(CC)C(CN)C1CCCCC1. The molecule has 0 heterocycles. The van der Waals surface area contributed by atoms with Gasteiger partial charge >= 0.3 is 0 Å². The van der Waals surface area contributed by atoms with Crippen LogP contribution < -0.4 is 5.73 Å². The molecule has 1 rings (SSSR count). The van der Waals surface area contributed by atoms with Crippen molar-refractivity contribution in [2.75, 3.05) is 19.6 Å². The highest BCUT2D eigenvalue weighted by Gasteiger charge is 2.27. The summed E-state index contributed by atoms with van der Waals surface area (Å²) in [6, 6.07) is 0.634. The predicted octanol–water partition coefficient (Wildman–Crippen LogP) is 3.26. The van der Waals surface area contributed by atoms with Crippen molar-refractivity contribution in [1.29, 1.82) is 0 Å². The van der Waals surface area contributed by atoms with Gasteiger partial charge in [0, 0.05) is 19.1 Å². The summed E-state index contributed by atoms with van der Waals surface area (Å²) >= 11 is 0. The molecule has 0 aliphatic heterocycles. The molecule has 1 aliphatic carbocycles. The van der Waals surface area contributed by atoms with Crippen LogP contribution in [0.4, 0.5) is 0 Å². The van der Waals surface area contributed by atoms with Crippen LogP contribution in [0.2, 0.25) is 0 Å². The summed E-state index contributed by atoms with van der Waals surface area (Å²) in [5.41, 5.74) is 6.06. The molecule has 2 nitrogen and oxygen atoms in total. The Labute approximate surface area is 108 Å². The van der Waals surface area contributed by atoms with Gasteiger partial charge in [-0.25, -0.2) is 0 Å². The highest BCUT2D eigenvalue weighted by Crippen LogP contribution is 2.29. The molecular formula is C15H32N2. The summed E-state index contributed by atoms with van der Waals surface area (Å²) < 4.78 is 0. The Morgan fingerprint density at radius 1 is 1.18 bits per heavy atom. The topological polar surface area (TPSA) is 29.3 Å². The zero-order valence-electron chi connectivity index (χ0n) is 12.1. The van der Waals surface area contributed by atoms with Gasteiger partial charge in [-0.3, -0.25) is 4.90 Å². The lowest BCUT2D eigenvalue weighted by Crippen LogP contribution is -2.47. The van der Waals surface area contributed by atoms with Crippen molar-refractivity contribution in [2.45, 2.75) is 65.3 Å². The van der Waals surface area contributed by atoms with E-state index in [1.165, 1.54) is 45.1 Å². The fourth-order valence-electron chi connectivity index (χ4n) is 3.19. The van der Waals surface area contributed by atoms with E-state index in [-0.39, 0.29) is 0 Å². The maximum absolute atomic E-state index is 6.06. The lowest BCUT2D eigenvalue weighted by atomic mass is 9.83. The van der Waals surface area contributed by atoms with Crippen LogP contribution in [0.5, 0.6) is 0 Å². The normalized spacial score (nSPS) is 21.7. The minimum absolute atomic E-state index is 0.634. The second-order valence-electron chi connectivity index (χ2n) is 5.80. The van der Waals surface area contributed by atoms with E-state index in [9.17, 15) is 0 Å². The van der Waals surface area contributed by atoms with Crippen molar-refractivity contribution in [1.82, 2.24) is 4.90 Å². The van der Waals surface area contributed by atoms with Gasteiger partial charge in [-0.1, -0.05) is 46.5 Å². The number of hydrogen-bond acceptors (Lipinski definition) is 2. The van der Waals surface area contributed by atoms with Gasteiger partial charge in [0.05, 0.1) is 0 Å². The molecule has 0 radical (unpaired) electrons. The Kier molecular flexibility index (Phi) is 7.14. The second-order valence-corrected chi connectivity index (χ2v) is 5.80. The average molecular weight is 240 g/mol. The molecule has 0 bridgehead atoms. The third kappa shape index (κ3) is 4.59. The van der Waals surface area contributed by atoms with E-state index in [0.717, 1.165) is 24.9 Å². The molecule has 2 unspecified atom stereocenters. The highest BCUT2D eigenvalue weighted by atomic mass is 15.2. The van der Waals surface area contributed by atoms with Gasteiger partial charge in [-0.05, 0) is 31.2 Å². The Morgan fingerprint density at radius 2 is 1.82 bits per heavy atom. The summed E-state index contributed by atoms with van der Waals surface area (Å²) in [6.45, 7) is 10.2. The van der Waals surface area contributed by atoms with E-state index in [1.54, 1.807) is 0 Å². The van der Waals surface area contributed by atoms with E-state index >= 15 is 0 Å². The number of rotatable bonds is 7. The van der Waals surface area contributed by atoms with Gasteiger partial charge in [0.1, 0.15) is 0 Å². The van der Waals surface area contributed by atoms with Crippen LogP contribution in [-0.2, 0) is 0 Å². The highest BCUT2D eigenvalue weighted by molar-refractivity contribution is 4.82. The van der Waals surface area contributed by atoms with Crippen LogP contribution in [0.15, 0.2) is 0 Å². The van der Waals surface area contributed by atoms with Crippen molar-refractivity contribution in [2.24, 2.45) is 17.6 Å². The first kappa shape index (κ1) is 15.0. The molecule has 0 spiro atoms. The summed E-state index contributed by atoms with van der Waals surface area (Å²) in [4.78, 5) is 2.64. The first-order chi connectivity index (χ1) is 8.22. The van der Waals surface area contributed by atoms with Crippen LogP contribution in [0.1, 0.15) is 59.3 Å². The molecular weight excluding hydrogens is 208 g/mol. The lowest BCUT2D eigenvalue weighted by Gasteiger charge is -2.39. The second kappa shape index (κ2) is 8.10. The third-order valence-electron chi connectivity index (χ3n) is 4.55. The van der Waals surface area contributed by atoms with Gasteiger partial charge < -0.3 is 5.73 Å². The van der Waals surface area contributed by atoms with Crippen molar-refractivity contribution in [3.63, 3.8) is 0 Å². The number of hydrogen-bond donors (Lipinski definition) is 1. The van der Waals surface area contributed by atoms with Crippen molar-refractivity contribution in [3.05, 3.63) is 0 Å². The third-order valence-corrected chi connectivity index (χ3v) is 4.55. The molecule has 102 valence electrons. The molecule has 2 N–H and O–H groups in total.